The van der Waals surface area contributed by atoms with E-state index in [1.165, 1.54) is 4.90 Å². The fourth-order valence-corrected chi connectivity index (χ4v) is 4.18. The number of piperidine rings is 1. The van der Waals surface area contributed by atoms with E-state index in [-0.39, 0.29) is 17.4 Å². The molecule has 3 N–H and O–H groups in total. The van der Waals surface area contributed by atoms with Gasteiger partial charge in [-0.25, -0.2) is 9.37 Å². The first-order chi connectivity index (χ1) is 13.7. The van der Waals surface area contributed by atoms with Crippen LogP contribution in [0.3, 0.4) is 0 Å². The number of nitrogens with one attached hydrogen (secondary N) is 1. The number of pyridine rings is 1. The first-order valence-electron chi connectivity index (χ1n) is 9.58. The second-order valence-electron chi connectivity index (χ2n) is 7.76. The Kier molecular flexibility index (Phi) is 4.41. The molecule has 1 aromatic heterocycles. The summed E-state index contributed by atoms with van der Waals surface area (Å²) in [5.74, 6) is -0.761. The van der Waals surface area contributed by atoms with Crippen LogP contribution in [0.25, 0.3) is 11.3 Å². The van der Waals surface area contributed by atoms with E-state index in [1.54, 1.807) is 25.1 Å². The number of hydrogen-bond donors (Lipinski definition) is 2. The van der Waals surface area contributed by atoms with Crippen LogP contribution in [0.1, 0.15) is 52.9 Å². The lowest BCUT2D eigenvalue weighted by Gasteiger charge is -2.34. The molecule has 0 spiro atoms. The third-order valence-electron chi connectivity index (χ3n) is 5.98. The maximum atomic E-state index is 15.6. The van der Waals surface area contributed by atoms with Gasteiger partial charge in [-0.05, 0) is 62.9 Å². The van der Waals surface area contributed by atoms with Crippen LogP contribution in [0, 0.1) is 19.7 Å². The Balaban J connectivity index is 1.77. The molecular formula is C22H23FN4O2. The van der Waals surface area contributed by atoms with E-state index in [1.807, 2.05) is 13.8 Å². The summed E-state index contributed by atoms with van der Waals surface area (Å²) in [6, 6.07) is 3.74. The molecule has 0 radical (unpaired) electrons. The molecule has 0 saturated carbocycles. The van der Waals surface area contributed by atoms with Gasteiger partial charge in [-0.3, -0.25) is 9.59 Å². The summed E-state index contributed by atoms with van der Waals surface area (Å²) in [5, 5.41) is 2.70. The smallest absolute Gasteiger partial charge is 0.255 e. The molecule has 2 amide bonds. The second-order valence-corrected chi connectivity index (χ2v) is 7.76. The summed E-state index contributed by atoms with van der Waals surface area (Å²) < 4.78 is 15.6. The Hall–Kier alpha value is -3.22. The zero-order valence-corrected chi connectivity index (χ0v) is 16.7. The number of nitrogen functional groups attached to an aromatic ring is 1. The molecule has 0 aliphatic carbocycles. The third-order valence-corrected chi connectivity index (χ3v) is 5.98. The molecule has 2 aromatic rings. The fourth-order valence-electron chi connectivity index (χ4n) is 4.18. The lowest BCUT2D eigenvalue weighted by molar-refractivity contribution is -0.126. The van der Waals surface area contributed by atoms with Crippen molar-refractivity contribution in [1.82, 2.24) is 15.2 Å². The van der Waals surface area contributed by atoms with Crippen LogP contribution in [0.15, 0.2) is 30.5 Å². The Morgan fingerprint density at radius 2 is 1.97 bits per heavy atom. The molecule has 2 atom stereocenters. The number of hydrogen-bond acceptors (Lipinski definition) is 4. The Labute approximate surface area is 168 Å². The van der Waals surface area contributed by atoms with Gasteiger partial charge in [0.15, 0.2) is 0 Å². The molecule has 29 heavy (non-hydrogen) atoms. The molecular weight excluding hydrogens is 371 g/mol. The number of benzene rings is 1. The maximum Gasteiger partial charge on any atom is 0.255 e. The van der Waals surface area contributed by atoms with Crippen LogP contribution in [-0.4, -0.2) is 27.7 Å². The van der Waals surface area contributed by atoms with Crippen LogP contribution in [0.5, 0.6) is 0 Å². The van der Waals surface area contributed by atoms with Crippen LogP contribution in [-0.2, 0) is 4.79 Å². The van der Waals surface area contributed by atoms with Gasteiger partial charge in [-0.2, -0.15) is 0 Å². The van der Waals surface area contributed by atoms with Crippen molar-refractivity contribution in [3.63, 3.8) is 0 Å². The molecule has 0 bridgehead atoms. The van der Waals surface area contributed by atoms with Gasteiger partial charge in [0.25, 0.3) is 5.91 Å². The van der Waals surface area contributed by atoms with Gasteiger partial charge in [-0.15, -0.1) is 0 Å². The van der Waals surface area contributed by atoms with Gasteiger partial charge in [0.2, 0.25) is 5.91 Å². The normalized spacial score (nSPS) is 21.4. The first kappa shape index (κ1) is 19.1. The highest BCUT2D eigenvalue weighted by Crippen LogP contribution is 2.41. The van der Waals surface area contributed by atoms with Gasteiger partial charge in [0.05, 0.1) is 11.7 Å². The summed E-state index contributed by atoms with van der Waals surface area (Å²) in [6.45, 7) is 9.27. The summed E-state index contributed by atoms with van der Waals surface area (Å²) in [4.78, 5) is 31.2. The zero-order valence-electron chi connectivity index (χ0n) is 16.7. The number of nitrogens with two attached hydrogens (primary N) is 1. The van der Waals surface area contributed by atoms with Gasteiger partial charge in [0.1, 0.15) is 17.7 Å². The van der Waals surface area contributed by atoms with Crippen molar-refractivity contribution in [3.8, 4) is 11.3 Å². The Morgan fingerprint density at radius 3 is 2.62 bits per heavy atom. The minimum Gasteiger partial charge on any atom is -0.383 e. The number of nitrogens with zero attached hydrogens (tertiary/aromatic N) is 2. The third kappa shape index (κ3) is 2.88. The number of amides is 2. The maximum absolute atomic E-state index is 15.6. The van der Waals surface area contributed by atoms with E-state index in [0.29, 0.717) is 41.2 Å². The van der Waals surface area contributed by atoms with Gasteiger partial charge >= 0.3 is 0 Å². The van der Waals surface area contributed by atoms with Crippen LogP contribution in [0.2, 0.25) is 0 Å². The van der Waals surface area contributed by atoms with Crippen molar-refractivity contribution in [3.05, 3.63) is 58.5 Å². The predicted octanol–water partition coefficient (Wildman–Crippen LogP) is 3.40. The summed E-state index contributed by atoms with van der Waals surface area (Å²) in [5.41, 5.74) is 9.67. The number of carbonyl (C=O) groups is 2. The van der Waals surface area contributed by atoms with Gasteiger partial charge in [0, 0.05) is 22.4 Å². The molecule has 150 valence electrons. The fraction of sp³-hybridized carbons (Fsp3) is 0.318. The zero-order chi connectivity index (χ0) is 21.0. The predicted molar refractivity (Wildman–Crippen MR) is 108 cm³/mol. The highest BCUT2D eigenvalue weighted by Gasteiger charge is 2.44. The van der Waals surface area contributed by atoms with Crippen LogP contribution < -0.4 is 11.1 Å². The molecule has 1 saturated heterocycles. The minimum absolute atomic E-state index is 0.279. The van der Waals surface area contributed by atoms with E-state index in [9.17, 15) is 9.59 Å². The van der Waals surface area contributed by atoms with E-state index < -0.39 is 17.9 Å². The largest absolute Gasteiger partial charge is 0.383 e. The molecule has 1 fully saturated rings. The topological polar surface area (TPSA) is 88.3 Å². The van der Waals surface area contributed by atoms with Crippen molar-refractivity contribution in [1.29, 1.82) is 0 Å². The number of halogens is 1. The summed E-state index contributed by atoms with van der Waals surface area (Å²) in [6.07, 6.45) is 1.06. The minimum atomic E-state index is -0.645. The van der Waals surface area contributed by atoms with Crippen LogP contribution in [0.4, 0.5) is 10.2 Å². The Morgan fingerprint density at radius 1 is 1.28 bits per heavy atom. The number of fused-ring (bicyclic) bond motifs is 1. The number of carbonyl (C=O) groups excluding carboxylic acids is 2. The average Bonchev–Trinajstić information content (AvgIpc) is 2.91. The van der Waals surface area contributed by atoms with Crippen molar-refractivity contribution in [2.24, 2.45) is 0 Å². The van der Waals surface area contributed by atoms with Crippen molar-refractivity contribution in [2.45, 2.75) is 45.7 Å². The molecule has 1 aromatic carbocycles. The number of anilines is 1. The Bertz CT molecular complexity index is 1060. The molecule has 7 heteroatoms. The monoisotopic (exact) mass is 394 g/mol. The van der Waals surface area contributed by atoms with Gasteiger partial charge < -0.3 is 16.0 Å². The highest BCUT2D eigenvalue weighted by atomic mass is 19.1. The van der Waals surface area contributed by atoms with Crippen molar-refractivity contribution in [2.75, 3.05) is 5.73 Å². The lowest BCUT2D eigenvalue weighted by Crippen LogP contribution is -2.50. The lowest BCUT2D eigenvalue weighted by atomic mass is 9.97. The quantitative estimate of drug-likeness (QED) is 0.817. The van der Waals surface area contributed by atoms with Crippen molar-refractivity contribution >= 4 is 17.6 Å². The first-order valence-corrected chi connectivity index (χ1v) is 9.58. The molecule has 2 aliphatic rings. The SMILES string of the molecule is C=C1CCC(N2C(=O)c3ccc(-c4cc(C)c(C)c(N)n4)c(F)c3C2C)C(=O)N1. The van der Waals surface area contributed by atoms with Crippen molar-refractivity contribution < 1.29 is 14.0 Å². The second kappa shape index (κ2) is 6.69. The molecule has 3 heterocycles. The standard InChI is InChI=1S/C22H23FN4O2/c1-10-9-16(26-20(24)12(10)3)14-6-7-15-18(19(14)23)13(4)27(22(15)29)17-8-5-11(2)25-21(17)28/h6-7,9,13,17H,2,5,8H2,1,3-4H3,(H2,24,26)(H,25,28). The molecule has 2 unspecified atom stereocenters. The average molecular weight is 394 g/mol. The molecule has 2 aliphatic heterocycles. The van der Waals surface area contributed by atoms with E-state index in [2.05, 4.69) is 16.9 Å². The molecule has 4 rings (SSSR count). The summed E-state index contributed by atoms with van der Waals surface area (Å²) >= 11 is 0. The number of allylic oxidation sites excluding steroid dienone is 1. The van der Waals surface area contributed by atoms with Gasteiger partial charge in [-0.1, -0.05) is 6.58 Å². The van der Waals surface area contributed by atoms with E-state index in [0.717, 1.165) is 11.1 Å². The number of aromatic nitrogens is 1. The highest BCUT2D eigenvalue weighted by molar-refractivity contribution is 6.02. The molecule has 6 nitrogen and oxygen atoms in total. The number of aryl methyl sites for hydroxylation is 1. The van der Waals surface area contributed by atoms with E-state index in [4.69, 9.17) is 5.73 Å². The van der Waals surface area contributed by atoms with Crippen LogP contribution >= 0.6 is 0 Å². The number of rotatable bonds is 2. The summed E-state index contributed by atoms with van der Waals surface area (Å²) in [7, 11) is 0. The van der Waals surface area contributed by atoms with E-state index >= 15 is 4.39 Å².